The normalized spacial score (nSPS) is 14.2. The van der Waals surface area contributed by atoms with Crippen LogP contribution in [0.2, 0.25) is 0 Å². The fraction of sp³-hybridized carbons (Fsp3) is 0.333. The minimum absolute atomic E-state index is 0.147. The predicted molar refractivity (Wildman–Crippen MR) is 145 cm³/mol. The van der Waals surface area contributed by atoms with Crippen molar-refractivity contribution in [3.05, 3.63) is 60.8 Å². The van der Waals surface area contributed by atoms with Gasteiger partial charge in [-0.05, 0) is 49.4 Å². The van der Waals surface area contributed by atoms with Gasteiger partial charge in [-0.15, -0.1) is 0 Å². The maximum absolute atomic E-state index is 12.2. The Bertz CT molecular complexity index is 1190. The predicted octanol–water partition coefficient (Wildman–Crippen LogP) is 2.86. The van der Waals surface area contributed by atoms with Crippen LogP contribution in [-0.4, -0.2) is 72.6 Å². The minimum atomic E-state index is -0.452. The van der Waals surface area contributed by atoms with Crippen molar-refractivity contribution in [2.75, 3.05) is 55.4 Å². The summed E-state index contributed by atoms with van der Waals surface area (Å²) in [4.78, 5) is 36.6. The molecule has 0 bridgehead atoms. The van der Waals surface area contributed by atoms with Gasteiger partial charge in [0.25, 0.3) is 0 Å². The van der Waals surface area contributed by atoms with E-state index in [1.807, 2.05) is 47.4 Å². The third-order valence-corrected chi connectivity index (χ3v) is 6.29. The smallest absolute Gasteiger partial charge is 0.239 e. The molecule has 0 saturated carbocycles. The summed E-state index contributed by atoms with van der Waals surface area (Å²) < 4.78 is 5.01. The number of nitrogens with zero attached hydrogens (tertiary/aromatic N) is 4. The van der Waals surface area contributed by atoms with Crippen LogP contribution in [0.25, 0.3) is 11.3 Å². The number of ether oxygens (including phenoxy) is 1. The standard InChI is InChI=1S/C27H33N7O3/c1-19(26(28)36)30-21-5-3-20(4-6-21)24-11-13-29-27(32-24)31-22-7-9-23(10-8-22)33-14-16-34(17-15-33)25(35)12-18-37-2/h3-11,13,19,30H,12,14-18H2,1-2H3,(H2,28,36)(H,29,31,32)/t19-/m1/s1. The van der Waals surface area contributed by atoms with Crippen molar-refractivity contribution < 1.29 is 14.3 Å². The summed E-state index contributed by atoms with van der Waals surface area (Å²) in [5.74, 6) is 0.239. The molecular weight excluding hydrogens is 470 g/mol. The van der Waals surface area contributed by atoms with Crippen LogP contribution in [0.3, 0.4) is 0 Å². The number of aromatic nitrogens is 2. The number of carbonyl (C=O) groups is 2. The highest BCUT2D eigenvalue weighted by molar-refractivity contribution is 5.82. The van der Waals surface area contributed by atoms with E-state index in [1.54, 1.807) is 20.2 Å². The molecule has 1 fully saturated rings. The van der Waals surface area contributed by atoms with Crippen molar-refractivity contribution in [2.45, 2.75) is 19.4 Å². The summed E-state index contributed by atoms with van der Waals surface area (Å²) in [6, 6.07) is 17.2. The second kappa shape index (κ2) is 12.2. The molecule has 1 saturated heterocycles. The molecule has 4 N–H and O–H groups in total. The van der Waals surface area contributed by atoms with E-state index in [4.69, 9.17) is 10.5 Å². The quantitative estimate of drug-likeness (QED) is 0.386. The van der Waals surface area contributed by atoms with Crippen LogP contribution in [0.5, 0.6) is 0 Å². The van der Waals surface area contributed by atoms with Crippen LogP contribution in [0.4, 0.5) is 23.0 Å². The molecule has 10 heteroatoms. The van der Waals surface area contributed by atoms with Crippen molar-refractivity contribution in [1.29, 1.82) is 0 Å². The van der Waals surface area contributed by atoms with Crippen LogP contribution < -0.4 is 21.3 Å². The molecule has 0 aliphatic carbocycles. The van der Waals surface area contributed by atoms with E-state index in [1.165, 1.54) is 0 Å². The van der Waals surface area contributed by atoms with E-state index in [2.05, 4.69) is 37.6 Å². The highest BCUT2D eigenvalue weighted by Crippen LogP contribution is 2.24. The van der Waals surface area contributed by atoms with Crippen LogP contribution in [0.15, 0.2) is 60.8 Å². The highest BCUT2D eigenvalue weighted by atomic mass is 16.5. The second-order valence-corrected chi connectivity index (χ2v) is 8.89. The Morgan fingerprint density at radius 1 is 1.00 bits per heavy atom. The molecule has 2 aromatic carbocycles. The van der Waals surface area contributed by atoms with Crippen molar-refractivity contribution in [1.82, 2.24) is 14.9 Å². The van der Waals surface area contributed by atoms with Crippen molar-refractivity contribution >= 4 is 34.8 Å². The van der Waals surface area contributed by atoms with E-state index in [0.717, 1.165) is 41.4 Å². The van der Waals surface area contributed by atoms with Crippen LogP contribution in [-0.2, 0) is 14.3 Å². The van der Waals surface area contributed by atoms with Gasteiger partial charge in [-0.1, -0.05) is 12.1 Å². The third kappa shape index (κ3) is 6.95. The zero-order chi connectivity index (χ0) is 26.2. The van der Waals surface area contributed by atoms with Gasteiger partial charge in [0, 0.05) is 62.1 Å². The first-order chi connectivity index (χ1) is 17.9. The average molecular weight is 504 g/mol. The van der Waals surface area contributed by atoms with Gasteiger partial charge < -0.3 is 30.9 Å². The topological polar surface area (TPSA) is 126 Å². The molecule has 1 aromatic heterocycles. The first-order valence-corrected chi connectivity index (χ1v) is 12.3. The van der Waals surface area contributed by atoms with Crippen LogP contribution in [0, 0.1) is 0 Å². The third-order valence-electron chi connectivity index (χ3n) is 6.29. The summed E-state index contributed by atoms with van der Waals surface area (Å²) in [7, 11) is 1.61. The largest absolute Gasteiger partial charge is 0.384 e. The van der Waals surface area contributed by atoms with E-state index in [9.17, 15) is 9.59 Å². The number of piperazine rings is 1. The number of hydrogen-bond donors (Lipinski definition) is 3. The van der Waals surface area contributed by atoms with Crippen molar-refractivity contribution in [3.8, 4) is 11.3 Å². The van der Waals surface area contributed by atoms with Gasteiger partial charge in [-0.3, -0.25) is 9.59 Å². The number of amides is 2. The number of benzene rings is 2. The Morgan fingerprint density at radius 2 is 1.68 bits per heavy atom. The lowest BCUT2D eigenvalue weighted by Crippen LogP contribution is -2.49. The van der Waals surface area contributed by atoms with Crippen molar-refractivity contribution in [3.63, 3.8) is 0 Å². The van der Waals surface area contributed by atoms with E-state index < -0.39 is 11.9 Å². The number of methoxy groups -OCH3 is 1. The zero-order valence-corrected chi connectivity index (χ0v) is 21.2. The second-order valence-electron chi connectivity index (χ2n) is 8.89. The van der Waals surface area contributed by atoms with Gasteiger partial charge in [0.05, 0.1) is 18.7 Å². The Balaban J connectivity index is 1.34. The van der Waals surface area contributed by atoms with E-state index >= 15 is 0 Å². The zero-order valence-electron chi connectivity index (χ0n) is 21.2. The molecule has 0 spiro atoms. The molecule has 1 atom stereocenters. The monoisotopic (exact) mass is 503 g/mol. The Kier molecular flexibility index (Phi) is 8.52. The molecule has 10 nitrogen and oxygen atoms in total. The van der Waals surface area contributed by atoms with Gasteiger partial charge in [-0.2, -0.15) is 0 Å². The average Bonchev–Trinajstić information content (AvgIpc) is 2.93. The summed E-state index contributed by atoms with van der Waals surface area (Å²) in [6.45, 7) is 5.20. The van der Waals surface area contributed by atoms with E-state index in [-0.39, 0.29) is 5.91 Å². The summed E-state index contributed by atoms with van der Waals surface area (Å²) in [5, 5.41) is 6.33. The number of rotatable bonds is 10. The molecule has 0 radical (unpaired) electrons. The lowest BCUT2D eigenvalue weighted by Gasteiger charge is -2.36. The molecule has 0 unspecified atom stereocenters. The number of carbonyl (C=O) groups excluding carboxylic acids is 2. The summed E-state index contributed by atoms with van der Waals surface area (Å²) in [6.07, 6.45) is 2.15. The van der Waals surface area contributed by atoms with Gasteiger partial charge >= 0.3 is 0 Å². The number of anilines is 4. The fourth-order valence-electron chi connectivity index (χ4n) is 4.08. The lowest BCUT2D eigenvalue weighted by molar-refractivity contribution is -0.132. The van der Waals surface area contributed by atoms with Gasteiger partial charge in [0.15, 0.2) is 0 Å². The molecule has 4 rings (SSSR count). The Morgan fingerprint density at radius 3 is 2.32 bits per heavy atom. The number of hydrogen-bond acceptors (Lipinski definition) is 8. The van der Waals surface area contributed by atoms with Crippen molar-refractivity contribution in [2.24, 2.45) is 5.73 Å². The van der Waals surface area contributed by atoms with Crippen LogP contribution in [0.1, 0.15) is 13.3 Å². The summed E-state index contributed by atoms with van der Waals surface area (Å²) in [5.41, 5.74) is 9.83. The number of nitrogens with one attached hydrogen (secondary N) is 2. The fourth-order valence-corrected chi connectivity index (χ4v) is 4.08. The minimum Gasteiger partial charge on any atom is -0.384 e. The number of nitrogens with two attached hydrogens (primary N) is 1. The number of primary amides is 1. The molecule has 1 aliphatic heterocycles. The molecule has 1 aliphatic rings. The highest BCUT2D eigenvalue weighted by Gasteiger charge is 2.21. The first kappa shape index (κ1) is 25.9. The maximum Gasteiger partial charge on any atom is 0.239 e. The van der Waals surface area contributed by atoms with Gasteiger partial charge in [0.2, 0.25) is 17.8 Å². The maximum atomic E-state index is 12.2. The molecule has 3 aromatic rings. The lowest BCUT2D eigenvalue weighted by atomic mass is 10.1. The van der Waals surface area contributed by atoms with Gasteiger partial charge in [-0.25, -0.2) is 9.97 Å². The van der Waals surface area contributed by atoms with Crippen LogP contribution >= 0.6 is 0 Å². The first-order valence-electron chi connectivity index (χ1n) is 12.3. The van der Waals surface area contributed by atoms with E-state index in [0.29, 0.717) is 32.1 Å². The molecule has 2 amide bonds. The Hall–Kier alpha value is -4.18. The molecular formula is C27H33N7O3. The molecule has 37 heavy (non-hydrogen) atoms. The molecule has 2 heterocycles. The summed E-state index contributed by atoms with van der Waals surface area (Å²) >= 11 is 0. The molecule has 194 valence electrons. The Labute approximate surface area is 216 Å². The van der Waals surface area contributed by atoms with Gasteiger partial charge in [0.1, 0.15) is 6.04 Å². The SMILES string of the molecule is COCCC(=O)N1CCN(c2ccc(Nc3nccc(-c4ccc(N[C@H](C)C(N)=O)cc4)n3)cc2)CC1.